The molecule has 2 aromatic heterocycles. The fraction of sp³-hybridized carbons (Fsp3) is 0. The van der Waals surface area contributed by atoms with E-state index in [0.717, 1.165) is 11.1 Å². The number of rotatable bonds is 2. The van der Waals surface area contributed by atoms with E-state index in [9.17, 15) is 0 Å². The average Bonchev–Trinajstić information content (AvgIpc) is 2.98. The van der Waals surface area contributed by atoms with Gasteiger partial charge in [0.1, 0.15) is 11.1 Å². The molecule has 3 aromatic rings. The molecular weight excluding hydrogens is 272 g/mol. The fourth-order valence-corrected chi connectivity index (χ4v) is 2.14. The maximum Gasteiger partial charge on any atom is 0.173 e. The fourth-order valence-electron chi connectivity index (χ4n) is 1.90. The minimum atomic E-state index is 0.303. The Hall–Kier alpha value is -2.64. The molecule has 0 saturated carbocycles. The molecule has 0 radical (unpaired) electrons. The molecule has 0 aliphatic carbocycles. The zero-order valence-electron chi connectivity index (χ0n) is 10.4. The lowest BCUT2D eigenvalue weighted by Crippen LogP contribution is -1.99. The van der Waals surface area contributed by atoms with Crippen LogP contribution in [-0.2, 0) is 0 Å². The van der Waals surface area contributed by atoms with Crippen molar-refractivity contribution in [2.75, 3.05) is 0 Å². The first kappa shape index (κ1) is 12.4. The van der Waals surface area contributed by atoms with Crippen LogP contribution in [0.4, 0.5) is 0 Å². The Morgan fingerprint density at radius 3 is 2.65 bits per heavy atom. The summed E-state index contributed by atoms with van der Waals surface area (Å²) in [7, 11) is 0. The van der Waals surface area contributed by atoms with E-state index in [4.69, 9.17) is 16.9 Å². The van der Waals surface area contributed by atoms with Crippen LogP contribution in [0.15, 0.2) is 55.0 Å². The van der Waals surface area contributed by atoms with Crippen LogP contribution in [-0.4, -0.2) is 14.8 Å². The van der Waals surface area contributed by atoms with Gasteiger partial charge >= 0.3 is 0 Å². The number of aromatic nitrogens is 3. The topological polar surface area (TPSA) is 54.5 Å². The second-order valence-corrected chi connectivity index (χ2v) is 4.53. The highest BCUT2D eigenvalue weighted by molar-refractivity contribution is 6.33. The van der Waals surface area contributed by atoms with E-state index in [1.54, 1.807) is 23.1 Å². The first-order valence-corrected chi connectivity index (χ1v) is 6.32. The molecule has 5 heteroatoms. The Balaban J connectivity index is 2.06. The van der Waals surface area contributed by atoms with Gasteiger partial charge in [0, 0.05) is 18.0 Å². The third kappa shape index (κ3) is 2.15. The molecule has 20 heavy (non-hydrogen) atoms. The maximum atomic E-state index is 8.98. The lowest BCUT2D eigenvalue weighted by molar-refractivity contribution is 0.846. The smallest absolute Gasteiger partial charge is 0.173 e. The molecule has 0 atom stereocenters. The normalized spacial score (nSPS) is 10.2. The minimum absolute atomic E-state index is 0.303. The van der Waals surface area contributed by atoms with Gasteiger partial charge in [-0.05, 0) is 11.6 Å². The Morgan fingerprint density at radius 2 is 1.90 bits per heavy atom. The third-order valence-electron chi connectivity index (χ3n) is 2.90. The van der Waals surface area contributed by atoms with Gasteiger partial charge in [0.05, 0.1) is 11.8 Å². The van der Waals surface area contributed by atoms with E-state index in [-0.39, 0.29) is 0 Å². The van der Waals surface area contributed by atoms with Crippen LogP contribution in [0.3, 0.4) is 0 Å². The number of nitrogens with zero attached hydrogens (tertiary/aromatic N) is 4. The summed E-state index contributed by atoms with van der Waals surface area (Å²) in [5.41, 5.74) is 2.41. The van der Waals surface area contributed by atoms with Crippen molar-refractivity contribution in [3.05, 3.63) is 65.6 Å². The van der Waals surface area contributed by atoms with Crippen LogP contribution in [0.25, 0.3) is 16.9 Å². The molecule has 3 rings (SSSR count). The number of pyridine rings is 1. The molecule has 0 bridgehead atoms. The largest absolute Gasteiger partial charge is 0.236 e. The molecule has 96 valence electrons. The van der Waals surface area contributed by atoms with Crippen molar-refractivity contribution in [3.63, 3.8) is 0 Å². The molecule has 0 fully saturated rings. The summed E-state index contributed by atoms with van der Waals surface area (Å²) in [6.07, 6.45) is 5.13. The van der Waals surface area contributed by atoms with E-state index in [1.807, 2.05) is 42.6 Å². The number of hydrogen-bond donors (Lipinski definition) is 0. The number of halogens is 1. The van der Waals surface area contributed by atoms with Crippen LogP contribution >= 0.6 is 11.6 Å². The van der Waals surface area contributed by atoms with Gasteiger partial charge in [-0.25, -0.2) is 9.67 Å². The van der Waals surface area contributed by atoms with Gasteiger partial charge in [0.2, 0.25) is 0 Å². The monoisotopic (exact) mass is 280 g/mol. The molecule has 0 spiro atoms. The number of hydrogen-bond acceptors (Lipinski definition) is 3. The van der Waals surface area contributed by atoms with Crippen molar-refractivity contribution >= 4 is 11.6 Å². The summed E-state index contributed by atoms with van der Waals surface area (Å²) < 4.78 is 1.57. The molecule has 0 amide bonds. The molecule has 2 heterocycles. The maximum absolute atomic E-state index is 8.98. The Kier molecular flexibility index (Phi) is 3.20. The van der Waals surface area contributed by atoms with Crippen molar-refractivity contribution in [2.45, 2.75) is 0 Å². The van der Waals surface area contributed by atoms with Crippen molar-refractivity contribution < 1.29 is 0 Å². The quantitative estimate of drug-likeness (QED) is 0.722. The van der Waals surface area contributed by atoms with Crippen LogP contribution in [0.5, 0.6) is 0 Å². The molecule has 0 unspecified atom stereocenters. The van der Waals surface area contributed by atoms with Gasteiger partial charge < -0.3 is 0 Å². The predicted octanol–water partition coefficient (Wildman–Crippen LogP) is 3.46. The highest BCUT2D eigenvalue weighted by Gasteiger charge is 2.11. The second-order valence-electron chi connectivity index (χ2n) is 4.15. The van der Waals surface area contributed by atoms with E-state index in [1.165, 1.54) is 0 Å². The summed E-state index contributed by atoms with van der Waals surface area (Å²) in [4.78, 5) is 4.18. The first-order valence-electron chi connectivity index (χ1n) is 5.94. The van der Waals surface area contributed by atoms with E-state index in [0.29, 0.717) is 16.4 Å². The Bertz CT molecular complexity index is 787. The van der Waals surface area contributed by atoms with E-state index < -0.39 is 0 Å². The second kappa shape index (κ2) is 5.16. The Morgan fingerprint density at radius 1 is 1.10 bits per heavy atom. The lowest BCUT2D eigenvalue weighted by atomic mass is 10.1. The first-order chi connectivity index (χ1) is 9.79. The van der Waals surface area contributed by atoms with Gasteiger partial charge in [-0.3, -0.25) is 0 Å². The van der Waals surface area contributed by atoms with Gasteiger partial charge in [-0.15, -0.1) is 0 Å². The van der Waals surface area contributed by atoms with Crippen molar-refractivity contribution in [1.82, 2.24) is 14.8 Å². The van der Waals surface area contributed by atoms with Crippen LogP contribution < -0.4 is 0 Å². The van der Waals surface area contributed by atoms with E-state index in [2.05, 4.69) is 10.1 Å². The number of benzene rings is 1. The highest BCUT2D eigenvalue weighted by atomic mass is 35.5. The molecular formula is C15H9ClN4. The molecule has 0 N–H and O–H groups in total. The summed E-state index contributed by atoms with van der Waals surface area (Å²) in [5, 5.41) is 13.5. The van der Waals surface area contributed by atoms with Crippen molar-refractivity contribution in [1.29, 1.82) is 5.26 Å². The van der Waals surface area contributed by atoms with Gasteiger partial charge in [0.25, 0.3) is 0 Å². The van der Waals surface area contributed by atoms with Gasteiger partial charge in [0.15, 0.2) is 5.82 Å². The van der Waals surface area contributed by atoms with Gasteiger partial charge in [-0.1, -0.05) is 41.9 Å². The average molecular weight is 281 g/mol. The minimum Gasteiger partial charge on any atom is -0.236 e. The zero-order chi connectivity index (χ0) is 13.9. The molecule has 0 aliphatic heterocycles. The van der Waals surface area contributed by atoms with Crippen LogP contribution in [0, 0.1) is 11.3 Å². The van der Waals surface area contributed by atoms with Crippen molar-refractivity contribution in [2.24, 2.45) is 0 Å². The highest BCUT2D eigenvalue weighted by Crippen LogP contribution is 2.24. The van der Waals surface area contributed by atoms with Crippen molar-refractivity contribution in [3.8, 4) is 23.0 Å². The Labute approximate surface area is 120 Å². The molecule has 4 nitrogen and oxygen atoms in total. The third-order valence-corrected chi connectivity index (χ3v) is 3.27. The number of nitriles is 1. The van der Waals surface area contributed by atoms with Gasteiger partial charge in [-0.2, -0.15) is 10.4 Å². The van der Waals surface area contributed by atoms with Crippen LogP contribution in [0.1, 0.15) is 5.56 Å². The van der Waals surface area contributed by atoms with E-state index >= 15 is 0 Å². The van der Waals surface area contributed by atoms with Crippen LogP contribution in [0.2, 0.25) is 5.02 Å². The molecule has 1 aromatic carbocycles. The lowest BCUT2D eigenvalue weighted by Gasteiger charge is -2.03. The molecule has 0 saturated heterocycles. The summed E-state index contributed by atoms with van der Waals surface area (Å²) in [6.45, 7) is 0. The standard InChI is InChI=1S/C15H9ClN4/c16-14-12(8-17)6-7-18-15(14)20-10-13(9-19-20)11-4-2-1-3-5-11/h1-7,9-10H. The summed E-state index contributed by atoms with van der Waals surface area (Å²) in [5.74, 6) is 0.452. The molecule has 0 aliphatic rings. The SMILES string of the molecule is N#Cc1ccnc(-n2cc(-c3ccccc3)cn2)c1Cl. The predicted molar refractivity (Wildman–Crippen MR) is 76.5 cm³/mol. The summed E-state index contributed by atoms with van der Waals surface area (Å²) >= 11 is 6.15. The zero-order valence-corrected chi connectivity index (χ0v) is 11.1. The summed E-state index contributed by atoms with van der Waals surface area (Å²) in [6, 6.07) is 13.5.